The van der Waals surface area contributed by atoms with E-state index in [2.05, 4.69) is 37.6 Å². The number of hydrogen-bond acceptors (Lipinski definition) is 2. The maximum Gasteiger partial charge on any atom is 0.0187 e. The molecule has 94 valence electrons. The van der Waals surface area contributed by atoms with E-state index in [4.69, 9.17) is 0 Å². The average molecular weight is 224 g/mol. The molecule has 0 aromatic heterocycles. The molecule has 16 heavy (non-hydrogen) atoms. The Hall–Kier alpha value is -0.340. The van der Waals surface area contributed by atoms with Crippen molar-refractivity contribution in [3.8, 4) is 0 Å². The molecule has 2 heteroatoms. The first kappa shape index (κ1) is 13.7. The summed E-state index contributed by atoms with van der Waals surface area (Å²) in [5.41, 5.74) is 1.78. The van der Waals surface area contributed by atoms with Gasteiger partial charge in [-0.3, -0.25) is 4.90 Å². The number of piperidine rings is 1. The molecule has 0 amide bonds. The minimum atomic E-state index is 0.504. The Morgan fingerprint density at radius 3 is 2.62 bits per heavy atom. The molecule has 0 aliphatic carbocycles. The molecule has 0 aromatic carbocycles. The third-order valence-corrected chi connectivity index (χ3v) is 3.81. The summed E-state index contributed by atoms with van der Waals surface area (Å²) < 4.78 is 0. The molecular formula is C14H28N2. The lowest BCUT2D eigenvalue weighted by Crippen LogP contribution is -2.47. The van der Waals surface area contributed by atoms with E-state index in [1.807, 2.05) is 0 Å². The van der Waals surface area contributed by atoms with Crippen LogP contribution in [0.3, 0.4) is 0 Å². The molecule has 1 heterocycles. The van der Waals surface area contributed by atoms with Crippen LogP contribution in [0.15, 0.2) is 12.2 Å². The predicted octanol–water partition coefficient (Wildman–Crippen LogP) is 2.66. The largest absolute Gasteiger partial charge is 0.316 e. The molecule has 1 saturated heterocycles. The van der Waals surface area contributed by atoms with E-state index < -0.39 is 0 Å². The second-order valence-electron chi connectivity index (χ2n) is 5.39. The zero-order valence-electron chi connectivity index (χ0n) is 11.3. The zero-order valence-corrected chi connectivity index (χ0v) is 11.3. The maximum atomic E-state index is 4.03. The highest BCUT2D eigenvalue weighted by atomic mass is 15.1. The van der Waals surface area contributed by atoms with Gasteiger partial charge in [-0.15, -0.1) is 0 Å². The standard InChI is InChI=1S/C14H28N2/c1-5-14(8-7-9-15-11-14)12-16(6-2)10-13(3)4/h15H,3,5-12H2,1-2,4H3. The number of nitrogens with zero attached hydrogens (tertiary/aromatic N) is 1. The maximum absolute atomic E-state index is 4.03. The van der Waals surface area contributed by atoms with Gasteiger partial charge >= 0.3 is 0 Å². The van der Waals surface area contributed by atoms with Gasteiger partial charge in [0.1, 0.15) is 0 Å². The quantitative estimate of drug-likeness (QED) is 0.698. The molecular weight excluding hydrogens is 196 g/mol. The van der Waals surface area contributed by atoms with Gasteiger partial charge in [-0.05, 0) is 44.7 Å². The number of nitrogens with one attached hydrogen (secondary N) is 1. The van der Waals surface area contributed by atoms with Gasteiger partial charge in [0.2, 0.25) is 0 Å². The van der Waals surface area contributed by atoms with Crippen molar-refractivity contribution in [3.63, 3.8) is 0 Å². The smallest absolute Gasteiger partial charge is 0.0187 e. The summed E-state index contributed by atoms with van der Waals surface area (Å²) >= 11 is 0. The third-order valence-electron chi connectivity index (χ3n) is 3.81. The number of likely N-dealkylation sites (N-methyl/N-ethyl adjacent to an activating group) is 1. The van der Waals surface area contributed by atoms with E-state index in [-0.39, 0.29) is 0 Å². The lowest BCUT2D eigenvalue weighted by Gasteiger charge is -2.41. The molecule has 2 nitrogen and oxygen atoms in total. The van der Waals surface area contributed by atoms with Crippen LogP contribution in [-0.2, 0) is 0 Å². The monoisotopic (exact) mass is 224 g/mol. The van der Waals surface area contributed by atoms with E-state index in [0.29, 0.717) is 5.41 Å². The lowest BCUT2D eigenvalue weighted by atomic mass is 9.78. The van der Waals surface area contributed by atoms with Gasteiger partial charge in [-0.1, -0.05) is 26.0 Å². The summed E-state index contributed by atoms with van der Waals surface area (Å²) in [5.74, 6) is 0. The molecule has 1 aliphatic rings. The summed E-state index contributed by atoms with van der Waals surface area (Å²) in [4.78, 5) is 2.54. The molecule has 0 saturated carbocycles. The van der Waals surface area contributed by atoms with Crippen LogP contribution in [0, 0.1) is 5.41 Å². The van der Waals surface area contributed by atoms with Gasteiger partial charge in [0, 0.05) is 19.6 Å². The van der Waals surface area contributed by atoms with Gasteiger partial charge in [-0.2, -0.15) is 0 Å². The SMILES string of the molecule is C=C(C)CN(CC)CC1(CC)CCCNC1. The first-order valence-electron chi connectivity index (χ1n) is 6.69. The molecule has 1 atom stereocenters. The predicted molar refractivity (Wildman–Crippen MR) is 71.8 cm³/mol. The Morgan fingerprint density at radius 1 is 1.44 bits per heavy atom. The van der Waals surface area contributed by atoms with Crippen LogP contribution in [0.4, 0.5) is 0 Å². The van der Waals surface area contributed by atoms with Crippen molar-refractivity contribution >= 4 is 0 Å². The van der Waals surface area contributed by atoms with E-state index in [9.17, 15) is 0 Å². The van der Waals surface area contributed by atoms with Crippen LogP contribution in [0.5, 0.6) is 0 Å². The second kappa shape index (κ2) is 6.41. The molecule has 1 N–H and O–H groups in total. The van der Waals surface area contributed by atoms with Crippen LogP contribution < -0.4 is 5.32 Å². The van der Waals surface area contributed by atoms with Crippen molar-refractivity contribution in [2.24, 2.45) is 5.41 Å². The number of hydrogen-bond donors (Lipinski definition) is 1. The third kappa shape index (κ3) is 3.91. The van der Waals surface area contributed by atoms with Crippen LogP contribution in [0.25, 0.3) is 0 Å². The number of rotatable bonds is 6. The van der Waals surface area contributed by atoms with Crippen molar-refractivity contribution in [2.75, 3.05) is 32.7 Å². The molecule has 1 aliphatic heterocycles. The summed E-state index contributed by atoms with van der Waals surface area (Å²) in [7, 11) is 0. The first-order chi connectivity index (χ1) is 7.62. The van der Waals surface area contributed by atoms with Crippen molar-refractivity contribution in [1.82, 2.24) is 10.2 Å². The molecule has 0 bridgehead atoms. The minimum Gasteiger partial charge on any atom is -0.316 e. The van der Waals surface area contributed by atoms with E-state index in [1.54, 1.807) is 0 Å². The molecule has 1 rings (SSSR count). The normalized spacial score (nSPS) is 26.0. The fraction of sp³-hybridized carbons (Fsp3) is 0.857. The fourth-order valence-corrected chi connectivity index (χ4v) is 2.71. The summed E-state index contributed by atoms with van der Waals surface area (Å²) in [5, 5.41) is 3.56. The van der Waals surface area contributed by atoms with Crippen molar-refractivity contribution in [1.29, 1.82) is 0 Å². The molecule has 0 radical (unpaired) electrons. The minimum absolute atomic E-state index is 0.504. The topological polar surface area (TPSA) is 15.3 Å². The van der Waals surface area contributed by atoms with E-state index in [1.165, 1.54) is 44.5 Å². The van der Waals surface area contributed by atoms with Gasteiger partial charge in [-0.25, -0.2) is 0 Å². The van der Waals surface area contributed by atoms with Crippen molar-refractivity contribution in [2.45, 2.75) is 40.0 Å². The van der Waals surface area contributed by atoms with E-state index in [0.717, 1.165) is 13.1 Å². The van der Waals surface area contributed by atoms with Crippen LogP contribution in [-0.4, -0.2) is 37.6 Å². The summed E-state index contributed by atoms with van der Waals surface area (Å²) in [6, 6.07) is 0. The summed E-state index contributed by atoms with van der Waals surface area (Å²) in [6.45, 7) is 16.5. The highest BCUT2D eigenvalue weighted by Gasteiger charge is 2.31. The molecule has 1 fully saturated rings. The fourth-order valence-electron chi connectivity index (χ4n) is 2.71. The van der Waals surface area contributed by atoms with Crippen molar-refractivity contribution in [3.05, 3.63) is 12.2 Å². The van der Waals surface area contributed by atoms with Crippen LogP contribution in [0.1, 0.15) is 40.0 Å². The Labute approximate surface area is 101 Å². The Morgan fingerprint density at radius 2 is 2.19 bits per heavy atom. The van der Waals surface area contributed by atoms with Gasteiger partial charge < -0.3 is 5.32 Å². The Bertz CT molecular complexity index is 217. The molecule has 0 spiro atoms. The highest BCUT2D eigenvalue weighted by molar-refractivity contribution is 4.94. The second-order valence-corrected chi connectivity index (χ2v) is 5.39. The average Bonchev–Trinajstić information content (AvgIpc) is 2.29. The Balaban J connectivity index is 2.55. The Kier molecular flexibility index (Phi) is 5.50. The highest BCUT2D eigenvalue weighted by Crippen LogP contribution is 2.31. The first-order valence-corrected chi connectivity index (χ1v) is 6.69. The van der Waals surface area contributed by atoms with Crippen LogP contribution in [0.2, 0.25) is 0 Å². The lowest BCUT2D eigenvalue weighted by molar-refractivity contribution is 0.121. The van der Waals surface area contributed by atoms with Crippen LogP contribution >= 0.6 is 0 Å². The van der Waals surface area contributed by atoms with E-state index >= 15 is 0 Å². The summed E-state index contributed by atoms with van der Waals surface area (Å²) in [6.07, 6.45) is 3.99. The zero-order chi connectivity index (χ0) is 12.0. The van der Waals surface area contributed by atoms with Gasteiger partial charge in [0.05, 0.1) is 0 Å². The van der Waals surface area contributed by atoms with Crippen molar-refractivity contribution < 1.29 is 0 Å². The molecule has 0 aromatic rings. The van der Waals surface area contributed by atoms with Gasteiger partial charge in [0.25, 0.3) is 0 Å². The van der Waals surface area contributed by atoms with Gasteiger partial charge in [0.15, 0.2) is 0 Å². The molecule has 1 unspecified atom stereocenters.